The molecule has 0 aliphatic rings. The molecule has 0 bridgehead atoms. The van der Waals surface area contributed by atoms with Crippen molar-refractivity contribution in [3.05, 3.63) is 28.0 Å². The van der Waals surface area contributed by atoms with E-state index in [0.717, 1.165) is 4.88 Å². The number of hydrogen-bond donors (Lipinski definition) is 1. The summed E-state index contributed by atoms with van der Waals surface area (Å²) < 4.78 is 5.43. The third-order valence-electron chi connectivity index (χ3n) is 2.87. The van der Waals surface area contributed by atoms with Crippen LogP contribution in [0.1, 0.15) is 40.5 Å². The quantitative estimate of drug-likeness (QED) is 0.921. The van der Waals surface area contributed by atoms with Crippen molar-refractivity contribution < 1.29 is 14.3 Å². The fourth-order valence-electron chi connectivity index (χ4n) is 1.83. The number of carbonyl (C=O) groups is 1. The van der Waals surface area contributed by atoms with Gasteiger partial charge in [0.05, 0.1) is 10.6 Å². The summed E-state index contributed by atoms with van der Waals surface area (Å²) in [4.78, 5) is 17.6. The van der Waals surface area contributed by atoms with E-state index in [1.165, 1.54) is 10.4 Å². The predicted octanol–water partition coefficient (Wildman–Crippen LogP) is 3.92. The van der Waals surface area contributed by atoms with E-state index in [9.17, 15) is 4.79 Å². The van der Waals surface area contributed by atoms with Crippen LogP contribution in [-0.4, -0.2) is 16.1 Å². The number of rotatable bonds is 4. The third kappa shape index (κ3) is 2.87. The molecule has 0 aromatic carbocycles. The summed E-state index contributed by atoms with van der Waals surface area (Å²) >= 11 is 1.57. The number of carboxylic acid groups (broad SMARTS) is 1. The molecule has 0 radical (unpaired) electrons. The van der Waals surface area contributed by atoms with Crippen molar-refractivity contribution in [3.63, 3.8) is 0 Å². The maximum Gasteiger partial charge on any atom is 0.373 e. The van der Waals surface area contributed by atoms with Crippen molar-refractivity contribution in [2.75, 3.05) is 0 Å². The van der Waals surface area contributed by atoms with Gasteiger partial charge in [-0.2, -0.15) is 0 Å². The lowest BCUT2D eigenvalue weighted by molar-refractivity contribution is 0.0661. The van der Waals surface area contributed by atoms with Crippen LogP contribution in [0.15, 0.2) is 10.5 Å². The highest BCUT2D eigenvalue weighted by Gasteiger charge is 2.22. The van der Waals surface area contributed by atoms with Crippen LogP contribution in [0.25, 0.3) is 10.8 Å². The molecule has 0 spiro atoms. The van der Waals surface area contributed by atoms with Crippen LogP contribution in [0.4, 0.5) is 0 Å². The number of aromatic nitrogens is 1. The zero-order chi connectivity index (χ0) is 14.2. The minimum absolute atomic E-state index is 0.0348. The summed E-state index contributed by atoms with van der Waals surface area (Å²) in [6, 6.07) is 1.98. The Morgan fingerprint density at radius 1 is 1.47 bits per heavy atom. The molecule has 2 aromatic rings. The largest absolute Gasteiger partial charge is 0.475 e. The van der Waals surface area contributed by atoms with Crippen molar-refractivity contribution in [2.24, 2.45) is 5.92 Å². The maximum absolute atomic E-state index is 11.2. The Hall–Kier alpha value is -1.62. The summed E-state index contributed by atoms with van der Waals surface area (Å²) in [5, 5.41) is 9.17. The van der Waals surface area contributed by atoms with E-state index in [-0.39, 0.29) is 5.76 Å². The number of aromatic carboxylic acids is 1. The number of oxazole rings is 1. The molecule has 19 heavy (non-hydrogen) atoms. The van der Waals surface area contributed by atoms with E-state index in [2.05, 4.69) is 4.98 Å². The molecular formula is C14H17NO3S. The van der Waals surface area contributed by atoms with Gasteiger partial charge in [-0.15, -0.1) is 11.3 Å². The third-order valence-corrected chi connectivity index (χ3v) is 4.01. The second kappa shape index (κ2) is 5.17. The van der Waals surface area contributed by atoms with E-state index in [1.807, 2.05) is 33.8 Å². The first-order valence-electron chi connectivity index (χ1n) is 6.19. The van der Waals surface area contributed by atoms with Crippen LogP contribution < -0.4 is 0 Å². The molecule has 0 saturated heterocycles. The molecular weight excluding hydrogens is 262 g/mol. The lowest BCUT2D eigenvalue weighted by atomic mass is 10.1. The lowest BCUT2D eigenvalue weighted by Crippen LogP contribution is -2.03. The van der Waals surface area contributed by atoms with Gasteiger partial charge in [0, 0.05) is 4.88 Å². The molecule has 2 aromatic heterocycles. The highest BCUT2D eigenvalue weighted by atomic mass is 32.1. The molecule has 2 rings (SSSR count). The van der Waals surface area contributed by atoms with Crippen LogP contribution in [0, 0.1) is 19.8 Å². The second-order valence-electron chi connectivity index (χ2n) is 5.05. The lowest BCUT2D eigenvalue weighted by Gasteiger charge is -1.99. The van der Waals surface area contributed by atoms with Gasteiger partial charge in [-0.3, -0.25) is 0 Å². The zero-order valence-electron chi connectivity index (χ0n) is 11.5. The van der Waals surface area contributed by atoms with Crippen molar-refractivity contribution in [1.29, 1.82) is 0 Å². The summed E-state index contributed by atoms with van der Waals surface area (Å²) in [5.74, 6) is -0.344. The van der Waals surface area contributed by atoms with Crippen molar-refractivity contribution in [1.82, 2.24) is 4.98 Å². The zero-order valence-corrected chi connectivity index (χ0v) is 12.3. The molecule has 5 heteroatoms. The fraction of sp³-hybridized carbons (Fsp3) is 0.429. The van der Waals surface area contributed by atoms with Crippen LogP contribution in [0.5, 0.6) is 0 Å². The monoisotopic (exact) mass is 279 g/mol. The average Bonchev–Trinajstić information content (AvgIpc) is 2.83. The van der Waals surface area contributed by atoms with E-state index in [0.29, 0.717) is 23.9 Å². The standard InChI is InChI=1S/C14H17NO3S/c1-7(2)5-10-12(14(16)17)18-13(15-10)11-6-8(3)9(4)19-11/h6-7H,5H2,1-4H3,(H,16,17). The average molecular weight is 279 g/mol. The SMILES string of the molecule is Cc1cc(-c2nc(CC(C)C)c(C(=O)O)o2)sc1C. The Morgan fingerprint density at radius 3 is 2.63 bits per heavy atom. The van der Waals surface area contributed by atoms with E-state index in [1.54, 1.807) is 11.3 Å². The molecule has 0 fully saturated rings. The van der Waals surface area contributed by atoms with Crippen LogP contribution in [-0.2, 0) is 6.42 Å². The van der Waals surface area contributed by atoms with Gasteiger partial charge in [-0.25, -0.2) is 9.78 Å². The Labute approximate surface area is 116 Å². The van der Waals surface area contributed by atoms with Crippen LogP contribution in [0.3, 0.4) is 0 Å². The van der Waals surface area contributed by atoms with Crippen LogP contribution in [0.2, 0.25) is 0 Å². The fourth-order valence-corrected chi connectivity index (χ4v) is 2.79. The van der Waals surface area contributed by atoms with Crippen molar-refractivity contribution >= 4 is 17.3 Å². The first-order valence-corrected chi connectivity index (χ1v) is 7.00. The van der Waals surface area contributed by atoms with E-state index >= 15 is 0 Å². The smallest absolute Gasteiger partial charge is 0.373 e. The van der Waals surface area contributed by atoms with Gasteiger partial charge in [-0.1, -0.05) is 13.8 Å². The molecule has 0 saturated carbocycles. The first kappa shape index (κ1) is 13.8. The molecule has 0 aliphatic heterocycles. The number of hydrogen-bond acceptors (Lipinski definition) is 4. The van der Waals surface area contributed by atoms with Gasteiger partial charge in [0.2, 0.25) is 11.7 Å². The Kier molecular flexibility index (Phi) is 3.75. The topological polar surface area (TPSA) is 63.3 Å². The van der Waals surface area contributed by atoms with Gasteiger partial charge >= 0.3 is 5.97 Å². The molecule has 0 amide bonds. The van der Waals surface area contributed by atoms with Gasteiger partial charge in [0.25, 0.3) is 0 Å². The van der Waals surface area contributed by atoms with Crippen molar-refractivity contribution in [3.8, 4) is 10.8 Å². The molecule has 0 atom stereocenters. The Morgan fingerprint density at radius 2 is 2.16 bits per heavy atom. The van der Waals surface area contributed by atoms with E-state index in [4.69, 9.17) is 9.52 Å². The predicted molar refractivity (Wildman–Crippen MR) is 74.8 cm³/mol. The summed E-state index contributed by atoms with van der Waals surface area (Å²) in [6.07, 6.45) is 0.606. The van der Waals surface area contributed by atoms with E-state index < -0.39 is 5.97 Å². The molecule has 4 nitrogen and oxygen atoms in total. The Balaban J connectivity index is 2.45. The summed E-state index contributed by atoms with van der Waals surface area (Å²) in [6.45, 7) is 8.10. The highest BCUT2D eigenvalue weighted by molar-refractivity contribution is 7.15. The second-order valence-corrected chi connectivity index (χ2v) is 6.30. The van der Waals surface area contributed by atoms with Gasteiger partial charge in [0.15, 0.2) is 0 Å². The Bertz CT molecular complexity index is 591. The van der Waals surface area contributed by atoms with Gasteiger partial charge < -0.3 is 9.52 Å². The minimum atomic E-state index is -1.06. The number of aryl methyl sites for hydroxylation is 2. The van der Waals surface area contributed by atoms with Gasteiger partial charge in [-0.05, 0) is 37.8 Å². The molecule has 0 aliphatic carbocycles. The summed E-state index contributed by atoms with van der Waals surface area (Å²) in [5.41, 5.74) is 1.70. The number of nitrogens with zero attached hydrogens (tertiary/aromatic N) is 1. The summed E-state index contributed by atoms with van der Waals surface area (Å²) in [7, 11) is 0. The number of thiophene rings is 1. The highest BCUT2D eigenvalue weighted by Crippen LogP contribution is 2.31. The minimum Gasteiger partial charge on any atom is -0.475 e. The van der Waals surface area contributed by atoms with Gasteiger partial charge in [0.1, 0.15) is 0 Å². The first-order chi connectivity index (χ1) is 8.88. The normalized spacial score (nSPS) is 11.2. The van der Waals surface area contributed by atoms with Crippen LogP contribution >= 0.6 is 11.3 Å². The van der Waals surface area contributed by atoms with Crippen molar-refractivity contribution in [2.45, 2.75) is 34.1 Å². The number of carboxylic acids is 1. The molecule has 1 N–H and O–H groups in total. The maximum atomic E-state index is 11.2. The molecule has 2 heterocycles. The molecule has 0 unspecified atom stereocenters. The molecule has 102 valence electrons.